The molecule has 4 heteroatoms. The molecule has 0 saturated heterocycles. The van der Waals surface area contributed by atoms with Crippen LogP contribution in [0.2, 0.25) is 0 Å². The Hall–Kier alpha value is -1.39. The molecule has 1 N–H and O–H groups in total. The van der Waals surface area contributed by atoms with Crippen molar-refractivity contribution < 1.29 is 9.90 Å². The van der Waals surface area contributed by atoms with Crippen LogP contribution in [0.25, 0.3) is 6.08 Å². The maximum Gasteiger partial charge on any atom is 0.189 e. The number of ketones is 1. The number of carbonyl (C=O) groups is 1. The fourth-order valence-electron chi connectivity index (χ4n) is 2.35. The molecule has 2 aromatic rings. The quantitative estimate of drug-likeness (QED) is 0.710. The molecule has 0 saturated carbocycles. The van der Waals surface area contributed by atoms with E-state index in [1.54, 1.807) is 18.2 Å². The second-order valence-corrected chi connectivity index (χ2v) is 6.43. The molecule has 0 spiro atoms. The number of benzene rings is 2. The van der Waals surface area contributed by atoms with Crippen molar-refractivity contribution in [1.82, 2.24) is 0 Å². The number of Topliss-reactive ketones (excluding diaryl/α,β-unsaturated/α-hetero) is 1. The lowest BCUT2D eigenvalue weighted by Crippen LogP contribution is -1.95. The zero-order chi connectivity index (χ0) is 14.3. The average Bonchev–Trinajstić information content (AvgIpc) is 2.73. The Bertz CT molecular complexity index is 748. The summed E-state index contributed by atoms with van der Waals surface area (Å²) >= 11 is 6.68. The predicted molar refractivity (Wildman–Crippen MR) is 86.0 cm³/mol. The van der Waals surface area contributed by atoms with Crippen LogP contribution in [0.3, 0.4) is 0 Å². The van der Waals surface area contributed by atoms with Gasteiger partial charge in [-0.3, -0.25) is 4.79 Å². The van der Waals surface area contributed by atoms with E-state index in [0.29, 0.717) is 22.0 Å². The smallest absolute Gasteiger partial charge is 0.189 e. The second kappa shape index (κ2) is 5.19. The Morgan fingerprint density at radius 1 is 1.15 bits per heavy atom. The Labute approximate surface area is 133 Å². The number of allylic oxidation sites excluding steroid dienone is 1. The average molecular weight is 394 g/mol. The number of phenolic OH excluding ortho intramolecular Hbond substituents is 1. The molecule has 2 nitrogen and oxygen atoms in total. The SMILES string of the molecule is O=C1/C(=C/c2cc(Br)cc(Br)c2O)Cc2ccccc21. The molecule has 0 atom stereocenters. The molecular formula is C16H10Br2O2. The van der Waals surface area contributed by atoms with Crippen molar-refractivity contribution in [2.24, 2.45) is 0 Å². The van der Waals surface area contributed by atoms with E-state index in [1.807, 2.05) is 24.3 Å². The first-order valence-corrected chi connectivity index (χ1v) is 7.66. The number of phenols is 1. The van der Waals surface area contributed by atoms with Crippen molar-refractivity contribution in [3.63, 3.8) is 0 Å². The van der Waals surface area contributed by atoms with Gasteiger partial charge >= 0.3 is 0 Å². The standard InChI is InChI=1S/C16H10Br2O2/c17-12-7-11(16(20)14(18)8-12)6-10-5-9-3-1-2-4-13(9)15(10)19/h1-4,6-8,20H,5H2/b10-6+. The van der Waals surface area contributed by atoms with E-state index in [9.17, 15) is 9.90 Å². The Balaban J connectivity index is 2.06. The summed E-state index contributed by atoms with van der Waals surface area (Å²) in [6.07, 6.45) is 2.37. The molecule has 0 amide bonds. The Kier molecular flexibility index (Phi) is 3.52. The maximum absolute atomic E-state index is 12.3. The number of carbonyl (C=O) groups excluding carboxylic acids is 1. The van der Waals surface area contributed by atoms with Gasteiger partial charge in [-0.1, -0.05) is 40.2 Å². The lowest BCUT2D eigenvalue weighted by molar-refractivity contribution is 0.104. The third-order valence-corrected chi connectivity index (χ3v) is 4.38. The third-order valence-electron chi connectivity index (χ3n) is 3.32. The van der Waals surface area contributed by atoms with Gasteiger partial charge in [0, 0.05) is 27.6 Å². The Morgan fingerprint density at radius 3 is 2.65 bits per heavy atom. The normalized spacial score (nSPS) is 15.7. The van der Waals surface area contributed by atoms with Gasteiger partial charge in [-0.15, -0.1) is 0 Å². The van der Waals surface area contributed by atoms with Gasteiger partial charge in [0.1, 0.15) is 5.75 Å². The van der Waals surface area contributed by atoms with Crippen molar-refractivity contribution in [3.8, 4) is 5.75 Å². The zero-order valence-electron chi connectivity index (χ0n) is 10.4. The van der Waals surface area contributed by atoms with Crippen LogP contribution in [-0.2, 0) is 6.42 Å². The molecular weight excluding hydrogens is 384 g/mol. The number of aromatic hydroxyl groups is 1. The van der Waals surface area contributed by atoms with Crippen LogP contribution in [0.4, 0.5) is 0 Å². The number of rotatable bonds is 1. The van der Waals surface area contributed by atoms with E-state index in [1.165, 1.54) is 0 Å². The zero-order valence-corrected chi connectivity index (χ0v) is 13.5. The topological polar surface area (TPSA) is 37.3 Å². The monoisotopic (exact) mass is 392 g/mol. The molecule has 1 aliphatic rings. The van der Waals surface area contributed by atoms with Gasteiger partial charge in [0.15, 0.2) is 5.78 Å². The van der Waals surface area contributed by atoms with E-state index >= 15 is 0 Å². The van der Waals surface area contributed by atoms with Crippen molar-refractivity contribution in [2.45, 2.75) is 6.42 Å². The highest BCUT2D eigenvalue weighted by Gasteiger charge is 2.24. The minimum absolute atomic E-state index is 0.0381. The summed E-state index contributed by atoms with van der Waals surface area (Å²) in [5.74, 6) is 0.181. The first-order valence-electron chi connectivity index (χ1n) is 6.07. The van der Waals surface area contributed by atoms with E-state index in [-0.39, 0.29) is 11.5 Å². The summed E-state index contributed by atoms with van der Waals surface area (Å²) in [6, 6.07) is 11.2. The molecule has 0 aliphatic heterocycles. The first kappa shape index (κ1) is 13.6. The summed E-state index contributed by atoms with van der Waals surface area (Å²) < 4.78 is 1.44. The highest BCUT2D eigenvalue weighted by molar-refractivity contribution is 9.11. The summed E-state index contributed by atoms with van der Waals surface area (Å²) in [5.41, 5.74) is 3.12. The molecule has 3 rings (SSSR count). The van der Waals surface area contributed by atoms with Gasteiger partial charge in [-0.05, 0) is 39.7 Å². The van der Waals surface area contributed by atoms with Gasteiger partial charge in [-0.25, -0.2) is 0 Å². The number of hydrogen-bond donors (Lipinski definition) is 1. The predicted octanol–water partition coefficient (Wildman–Crippen LogP) is 4.74. The summed E-state index contributed by atoms with van der Waals surface area (Å²) in [4.78, 5) is 12.3. The van der Waals surface area contributed by atoms with Crippen LogP contribution in [0.15, 0.2) is 50.9 Å². The van der Waals surface area contributed by atoms with Gasteiger partial charge in [-0.2, -0.15) is 0 Å². The van der Waals surface area contributed by atoms with E-state index in [4.69, 9.17) is 0 Å². The summed E-state index contributed by atoms with van der Waals surface area (Å²) in [7, 11) is 0. The maximum atomic E-state index is 12.3. The van der Waals surface area contributed by atoms with Crippen molar-refractivity contribution in [2.75, 3.05) is 0 Å². The van der Waals surface area contributed by atoms with E-state index in [2.05, 4.69) is 31.9 Å². The van der Waals surface area contributed by atoms with Gasteiger partial charge in [0.25, 0.3) is 0 Å². The molecule has 0 bridgehead atoms. The fraction of sp³-hybridized carbons (Fsp3) is 0.0625. The molecule has 20 heavy (non-hydrogen) atoms. The van der Waals surface area contributed by atoms with Gasteiger partial charge < -0.3 is 5.11 Å². The van der Waals surface area contributed by atoms with Crippen molar-refractivity contribution in [3.05, 3.63) is 67.6 Å². The number of fused-ring (bicyclic) bond motifs is 1. The highest BCUT2D eigenvalue weighted by Crippen LogP contribution is 2.35. The molecule has 0 unspecified atom stereocenters. The second-order valence-electron chi connectivity index (χ2n) is 4.66. The molecule has 2 aromatic carbocycles. The third kappa shape index (κ3) is 2.34. The summed E-state index contributed by atoms with van der Waals surface area (Å²) in [5, 5.41) is 10.1. The molecule has 100 valence electrons. The largest absolute Gasteiger partial charge is 0.506 e. The molecule has 0 aromatic heterocycles. The van der Waals surface area contributed by atoms with Crippen LogP contribution in [-0.4, -0.2) is 10.9 Å². The van der Waals surface area contributed by atoms with Gasteiger partial charge in [0.05, 0.1) is 4.47 Å². The van der Waals surface area contributed by atoms with Crippen LogP contribution >= 0.6 is 31.9 Å². The minimum Gasteiger partial charge on any atom is -0.506 e. The molecule has 0 radical (unpaired) electrons. The first-order chi connectivity index (χ1) is 9.56. The highest BCUT2D eigenvalue weighted by atomic mass is 79.9. The van der Waals surface area contributed by atoms with Gasteiger partial charge in [0.2, 0.25) is 0 Å². The molecule has 0 fully saturated rings. The Morgan fingerprint density at radius 2 is 1.90 bits per heavy atom. The fourth-order valence-corrected chi connectivity index (χ4v) is 3.61. The van der Waals surface area contributed by atoms with Crippen LogP contribution in [0.1, 0.15) is 21.5 Å². The van der Waals surface area contributed by atoms with E-state index in [0.717, 1.165) is 15.6 Å². The molecule has 1 aliphatic carbocycles. The number of halogens is 2. The number of hydrogen-bond acceptors (Lipinski definition) is 2. The lowest BCUT2D eigenvalue weighted by Gasteiger charge is -2.04. The van der Waals surface area contributed by atoms with Crippen LogP contribution in [0, 0.1) is 0 Å². The minimum atomic E-state index is 0.0381. The lowest BCUT2D eigenvalue weighted by atomic mass is 10.1. The van der Waals surface area contributed by atoms with Crippen molar-refractivity contribution >= 4 is 43.7 Å². The van der Waals surface area contributed by atoms with Crippen LogP contribution < -0.4 is 0 Å². The summed E-state index contributed by atoms with van der Waals surface area (Å²) in [6.45, 7) is 0. The van der Waals surface area contributed by atoms with Crippen LogP contribution in [0.5, 0.6) is 5.75 Å². The van der Waals surface area contributed by atoms with Crippen molar-refractivity contribution in [1.29, 1.82) is 0 Å². The van der Waals surface area contributed by atoms with E-state index < -0.39 is 0 Å². The molecule has 0 heterocycles.